The van der Waals surface area contributed by atoms with E-state index < -0.39 is 0 Å². The standard InChI is InChI=1S/C15H19BrN2O2/c1-2-20-15(19)4-3-7-17-9-11-10-18-14-6-5-12(16)8-13(11)14/h5-6,8,10,17-18H,2-4,7,9H2,1H3. The Hall–Kier alpha value is -1.33. The molecule has 4 nitrogen and oxygen atoms in total. The highest BCUT2D eigenvalue weighted by molar-refractivity contribution is 9.10. The van der Waals surface area contributed by atoms with Crippen LogP contribution in [0.5, 0.6) is 0 Å². The predicted octanol–water partition coefficient (Wildman–Crippen LogP) is 3.36. The Balaban J connectivity index is 1.78. The van der Waals surface area contributed by atoms with Crippen LogP contribution in [0.1, 0.15) is 25.3 Å². The number of aromatic amines is 1. The molecule has 0 aliphatic carbocycles. The van der Waals surface area contributed by atoms with Crippen molar-refractivity contribution in [1.82, 2.24) is 10.3 Å². The number of aromatic nitrogens is 1. The summed E-state index contributed by atoms with van der Waals surface area (Å²) in [5, 5.41) is 4.57. The van der Waals surface area contributed by atoms with Crippen LogP contribution in [0.4, 0.5) is 0 Å². The molecule has 0 aliphatic rings. The van der Waals surface area contributed by atoms with E-state index in [-0.39, 0.29) is 5.97 Å². The normalized spacial score (nSPS) is 10.9. The van der Waals surface area contributed by atoms with Gasteiger partial charge in [-0.1, -0.05) is 15.9 Å². The maximum atomic E-state index is 11.2. The molecule has 1 aromatic heterocycles. The zero-order valence-electron chi connectivity index (χ0n) is 11.5. The molecule has 0 saturated heterocycles. The third kappa shape index (κ3) is 4.08. The van der Waals surface area contributed by atoms with Crippen LogP contribution < -0.4 is 5.32 Å². The Kier molecular flexibility index (Phi) is 5.61. The third-order valence-corrected chi connectivity index (χ3v) is 3.58. The van der Waals surface area contributed by atoms with Crippen LogP contribution in [0.3, 0.4) is 0 Å². The lowest BCUT2D eigenvalue weighted by Crippen LogP contribution is -2.16. The SMILES string of the molecule is CCOC(=O)CCCNCc1c[nH]c2ccc(Br)cc12. The van der Waals surface area contributed by atoms with E-state index in [0.717, 1.165) is 29.5 Å². The Labute approximate surface area is 127 Å². The van der Waals surface area contributed by atoms with Crippen LogP contribution in [-0.2, 0) is 16.1 Å². The number of carbonyl (C=O) groups is 1. The van der Waals surface area contributed by atoms with Gasteiger partial charge in [-0.25, -0.2) is 0 Å². The molecule has 2 aromatic rings. The summed E-state index contributed by atoms with van der Waals surface area (Å²) in [6.07, 6.45) is 3.29. The Bertz CT molecular complexity index is 580. The number of nitrogens with one attached hydrogen (secondary N) is 2. The van der Waals surface area contributed by atoms with E-state index in [2.05, 4.69) is 38.4 Å². The molecule has 0 fully saturated rings. The van der Waals surface area contributed by atoms with Gasteiger partial charge in [-0.05, 0) is 43.7 Å². The van der Waals surface area contributed by atoms with Crippen molar-refractivity contribution in [1.29, 1.82) is 0 Å². The number of hydrogen-bond donors (Lipinski definition) is 2. The van der Waals surface area contributed by atoms with E-state index >= 15 is 0 Å². The van der Waals surface area contributed by atoms with Crippen molar-refractivity contribution >= 4 is 32.8 Å². The number of carbonyl (C=O) groups excluding carboxylic acids is 1. The molecule has 0 saturated carbocycles. The first kappa shape index (κ1) is 15.1. The molecule has 108 valence electrons. The number of hydrogen-bond acceptors (Lipinski definition) is 3. The monoisotopic (exact) mass is 338 g/mol. The number of ether oxygens (including phenoxy) is 1. The maximum Gasteiger partial charge on any atom is 0.305 e. The highest BCUT2D eigenvalue weighted by Crippen LogP contribution is 2.22. The van der Waals surface area contributed by atoms with Gasteiger partial charge >= 0.3 is 5.97 Å². The van der Waals surface area contributed by atoms with Gasteiger partial charge in [0.25, 0.3) is 0 Å². The first-order chi connectivity index (χ1) is 9.70. The van der Waals surface area contributed by atoms with Gasteiger partial charge in [-0.2, -0.15) is 0 Å². The highest BCUT2D eigenvalue weighted by Gasteiger charge is 2.04. The van der Waals surface area contributed by atoms with Crippen LogP contribution in [0.2, 0.25) is 0 Å². The van der Waals surface area contributed by atoms with Gasteiger partial charge in [0.1, 0.15) is 0 Å². The number of halogens is 1. The second kappa shape index (κ2) is 7.45. The topological polar surface area (TPSA) is 54.1 Å². The molecular formula is C15H19BrN2O2. The number of benzene rings is 1. The molecule has 20 heavy (non-hydrogen) atoms. The van der Waals surface area contributed by atoms with Gasteiger partial charge in [0.05, 0.1) is 6.61 Å². The fourth-order valence-electron chi connectivity index (χ4n) is 2.11. The Morgan fingerprint density at radius 3 is 3.10 bits per heavy atom. The predicted molar refractivity (Wildman–Crippen MR) is 83.6 cm³/mol. The van der Waals surface area contributed by atoms with Gasteiger partial charge in [-0.15, -0.1) is 0 Å². The summed E-state index contributed by atoms with van der Waals surface area (Å²) in [6.45, 7) is 3.88. The van der Waals surface area contributed by atoms with Gasteiger partial charge < -0.3 is 15.0 Å². The lowest BCUT2D eigenvalue weighted by atomic mass is 10.2. The minimum Gasteiger partial charge on any atom is -0.466 e. The first-order valence-corrected chi connectivity index (χ1v) is 7.62. The van der Waals surface area contributed by atoms with Crippen molar-refractivity contribution < 1.29 is 9.53 Å². The molecule has 2 N–H and O–H groups in total. The smallest absolute Gasteiger partial charge is 0.305 e. The molecule has 0 spiro atoms. The van der Waals surface area contributed by atoms with E-state index in [0.29, 0.717) is 13.0 Å². The average molecular weight is 339 g/mol. The summed E-state index contributed by atoms with van der Waals surface area (Å²) in [5.74, 6) is -0.120. The molecular weight excluding hydrogens is 320 g/mol. The quantitative estimate of drug-likeness (QED) is 0.601. The lowest BCUT2D eigenvalue weighted by Gasteiger charge is -2.04. The summed E-state index contributed by atoms with van der Waals surface area (Å²) in [4.78, 5) is 14.4. The number of H-pyrrole nitrogens is 1. The first-order valence-electron chi connectivity index (χ1n) is 6.82. The van der Waals surface area contributed by atoms with E-state index in [4.69, 9.17) is 4.74 Å². The minimum absolute atomic E-state index is 0.120. The second-order valence-electron chi connectivity index (χ2n) is 4.59. The molecule has 1 aromatic carbocycles. The molecule has 5 heteroatoms. The average Bonchev–Trinajstić information content (AvgIpc) is 2.81. The Morgan fingerprint density at radius 2 is 2.30 bits per heavy atom. The number of esters is 1. The van der Waals surface area contributed by atoms with E-state index in [1.54, 1.807) is 0 Å². The van der Waals surface area contributed by atoms with Crippen LogP contribution in [0.15, 0.2) is 28.9 Å². The van der Waals surface area contributed by atoms with Gasteiger partial charge in [0.2, 0.25) is 0 Å². The molecule has 0 aliphatic heterocycles. The zero-order chi connectivity index (χ0) is 14.4. The number of rotatable bonds is 7. The second-order valence-corrected chi connectivity index (χ2v) is 5.50. The van der Waals surface area contributed by atoms with Crippen LogP contribution in [0.25, 0.3) is 10.9 Å². The van der Waals surface area contributed by atoms with Gasteiger partial charge in [-0.3, -0.25) is 4.79 Å². The van der Waals surface area contributed by atoms with Crippen LogP contribution >= 0.6 is 15.9 Å². The summed E-state index contributed by atoms with van der Waals surface area (Å²) in [5.41, 5.74) is 2.37. The van der Waals surface area contributed by atoms with Crippen LogP contribution in [-0.4, -0.2) is 24.1 Å². The zero-order valence-corrected chi connectivity index (χ0v) is 13.1. The van der Waals surface area contributed by atoms with Crippen molar-refractivity contribution in [3.05, 3.63) is 34.4 Å². The molecule has 0 amide bonds. The van der Waals surface area contributed by atoms with E-state index in [1.807, 2.05) is 19.2 Å². The van der Waals surface area contributed by atoms with Gasteiger partial charge in [0.15, 0.2) is 0 Å². The maximum absolute atomic E-state index is 11.2. The van der Waals surface area contributed by atoms with Crippen molar-refractivity contribution in [3.8, 4) is 0 Å². The van der Waals surface area contributed by atoms with Crippen LogP contribution in [0, 0.1) is 0 Å². The van der Waals surface area contributed by atoms with E-state index in [9.17, 15) is 4.79 Å². The number of fused-ring (bicyclic) bond motifs is 1. The molecule has 0 bridgehead atoms. The largest absolute Gasteiger partial charge is 0.466 e. The van der Waals surface area contributed by atoms with Crippen molar-refractivity contribution in [2.24, 2.45) is 0 Å². The van der Waals surface area contributed by atoms with Crippen molar-refractivity contribution in [2.75, 3.05) is 13.2 Å². The molecule has 1 heterocycles. The minimum atomic E-state index is -0.120. The fraction of sp³-hybridized carbons (Fsp3) is 0.400. The third-order valence-electron chi connectivity index (χ3n) is 3.08. The molecule has 0 radical (unpaired) electrons. The fourth-order valence-corrected chi connectivity index (χ4v) is 2.47. The summed E-state index contributed by atoms with van der Waals surface area (Å²) < 4.78 is 5.97. The molecule has 2 rings (SSSR count). The summed E-state index contributed by atoms with van der Waals surface area (Å²) in [7, 11) is 0. The summed E-state index contributed by atoms with van der Waals surface area (Å²) >= 11 is 3.49. The molecule has 0 atom stereocenters. The van der Waals surface area contributed by atoms with Crippen molar-refractivity contribution in [3.63, 3.8) is 0 Å². The molecule has 0 unspecified atom stereocenters. The highest BCUT2D eigenvalue weighted by atomic mass is 79.9. The van der Waals surface area contributed by atoms with Gasteiger partial charge in [0, 0.05) is 34.5 Å². The van der Waals surface area contributed by atoms with Crippen molar-refractivity contribution in [2.45, 2.75) is 26.3 Å². The Morgan fingerprint density at radius 1 is 1.45 bits per heavy atom. The lowest BCUT2D eigenvalue weighted by molar-refractivity contribution is -0.143. The summed E-state index contributed by atoms with van der Waals surface area (Å²) in [6, 6.07) is 6.19. The van der Waals surface area contributed by atoms with E-state index in [1.165, 1.54) is 10.9 Å².